The van der Waals surface area contributed by atoms with Gasteiger partial charge in [-0.15, -0.1) is 10.2 Å². The van der Waals surface area contributed by atoms with Gasteiger partial charge in [0.2, 0.25) is 5.01 Å². The summed E-state index contributed by atoms with van der Waals surface area (Å²) in [6.45, 7) is 4.04. The Labute approximate surface area is 167 Å². The van der Waals surface area contributed by atoms with Crippen LogP contribution in [-0.4, -0.2) is 46.7 Å². The Balaban J connectivity index is 1.61. The molecule has 2 heterocycles. The Morgan fingerprint density at radius 3 is 2.81 bits per heavy atom. The van der Waals surface area contributed by atoms with E-state index in [0.29, 0.717) is 28.8 Å². The van der Waals surface area contributed by atoms with Crippen molar-refractivity contribution in [2.75, 3.05) is 25.0 Å². The molecule has 1 aromatic carbocycles. The number of urea groups is 1. The van der Waals surface area contributed by atoms with Crippen LogP contribution in [0.25, 0.3) is 0 Å². The van der Waals surface area contributed by atoms with Crippen molar-refractivity contribution >= 4 is 40.6 Å². The van der Waals surface area contributed by atoms with Crippen LogP contribution in [0.3, 0.4) is 0 Å². The van der Waals surface area contributed by atoms with Gasteiger partial charge in [0.25, 0.3) is 5.91 Å². The van der Waals surface area contributed by atoms with Gasteiger partial charge in [0.1, 0.15) is 5.01 Å². The number of benzene rings is 1. The number of hydrogen-bond acceptors (Lipinski definition) is 5. The van der Waals surface area contributed by atoms with Crippen molar-refractivity contribution in [3.63, 3.8) is 0 Å². The highest BCUT2D eigenvalue weighted by atomic mass is 35.5. The minimum Gasteiger partial charge on any atom is -0.338 e. The number of rotatable bonds is 5. The van der Waals surface area contributed by atoms with E-state index in [2.05, 4.69) is 20.8 Å². The van der Waals surface area contributed by atoms with Gasteiger partial charge in [-0.1, -0.05) is 29.9 Å². The van der Waals surface area contributed by atoms with E-state index in [9.17, 15) is 9.59 Å². The normalized spacial score (nSPS) is 16.8. The maximum absolute atomic E-state index is 12.4. The number of nitrogens with zero attached hydrogens (tertiary/aromatic N) is 3. The van der Waals surface area contributed by atoms with Gasteiger partial charge in [-0.2, -0.15) is 0 Å². The first kappa shape index (κ1) is 19.6. The van der Waals surface area contributed by atoms with E-state index < -0.39 is 0 Å². The minimum atomic E-state index is -0.297. The molecule has 1 aliphatic heterocycles. The second-order valence-corrected chi connectivity index (χ2v) is 7.87. The molecule has 1 aromatic heterocycles. The molecule has 1 fully saturated rings. The van der Waals surface area contributed by atoms with Gasteiger partial charge in [0.15, 0.2) is 0 Å². The second kappa shape index (κ2) is 9.14. The summed E-state index contributed by atoms with van der Waals surface area (Å²) in [7, 11) is 0. The molecule has 3 rings (SSSR count). The second-order valence-electron chi connectivity index (χ2n) is 6.42. The summed E-state index contributed by atoms with van der Waals surface area (Å²) < 4.78 is 0. The molecule has 2 aromatic rings. The molecule has 1 atom stereocenters. The summed E-state index contributed by atoms with van der Waals surface area (Å²) in [4.78, 5) is 26.4. The van der Waals surface area contributed by atoms with Gasteiger partial charge in [-0.25, -0.2) is 4.79 Å². The largest absolute Gasteiger partial charge is 0.338 e. The zero-order chi connectivity index (χ0) is 19.2. The van der Waals surface area contributed by atoms with Gasteiger partial charge in [-0.3, -0.25) is 4.79 Å². The molecule has 1 aliphatic rings. The lowest BCUT2D eigenvalue weighted by molar-refractivity contribution is 0.102. The van der Waals surface area contributed by atoms with Crippen LogP contribution in [-0.2, 0) is 0 Å². The summed E-state index contributed by atoms with van der Waals surface area (Å²) in [6.07, 6.45) is 2.76. The quantitative estimate of drug-likeness (QED) is 0.790. The van der Waals surface area contributed by atoms with Crippen LogP contribution in [0.1, 0.15) is 46.9 Å². The molecule has 27 heavy (non-hydrogen) atoms. The topological polar surface area (TPSA) is 87.2 Å². The minimum absolute atomic E-state index is 0.0354. The Morgan fingerprint density at radius 1 is 1.30 bits per heavy atom. The lowest BCUT2D eigenvalue weighted by atomic mass is 9.99. The fraction of sp³-hybridized carbons (Fsp3) is 0.444. The molecule has 1 saturated heterocycles. The highest BCUT2D eigenvalue weighted by Gasteiger charge is 2.28. The lowest BCUT2D eigenvalue weighted by Gasteiger charge is -2.31. The number of halogens is 1. The molecule has 2 N–H and O–H groups in total. The van der Waals surface area contributed by atoms with Crippen LogP contribution < -0.4 is 10.6 Å². The summed E-state index contributed by atoms with van der Waals surface area (Å²) in [6, 6.07) is 6.85. The average Bonchev–Trinajstić information content (AvgIpc) is 3.18. The van der Waals surface area contributed by atoms with Crippen molar-refractivity contribution in [1.29, 1.82) is 0 Å². The SMILES string of the molecule is CCCNC(=O)N1CCC[C@H](c2nnc(C(=O)Nc3ccc(Cl)cc3)s2)C1. The third kappa shape index (κ3) is 5.17. The highest BCUT2D eigenvalue weighted by molar-refractivity contribution is 7.13. The number of carbonyl (C=O) groups is 2. The maximum Gasteiger partial charge on any atom is 0.317 e. The van der Waals surface area contributed by atoms with Gasteiger partial charge >= 0.3 is 6.03 Å². The molecule has 0 aliphatic carbocycles. The van der Waals surface area contributed by atoms with E-state index in [-0.39, 0.29) is 17.9 Å². The number of hydrogen-bond donors (Lipinski definition) is 2. The number of nitrogens with one attached hydrogen (secondary N) is 2. The predicted octanol–water partition coefficient (Wildman–Crippen LogP) is 3.74. The monoisotopic (exact) mass is 407 g/mol. The molecular formula is C18H22ClN5O2S. The fourth-order valence-electron chi connectivity index (χ4n) is 2.92. The smallest absolute Gasteiger partial charge is 0.317 e. The lowest BCUT2D eigenvalue weighted by Crippen LogP contribution is -2.45. The number of amides is 3. The Hall–Kier alpha value is -2.19. The van der Waals surface area contributed by atoms with Crippen LogP contribution in [0, 0.1) is 0 Å². The average molecular weight is 408 g/mol. The summed E-state index contributed by atoms with van der Waals surface area (Å²) in [5.74, 6) is -0.185. The van der Waals surface area contributed by atoms with E-state index in [4.69, 9.17) is 11.6 Å². The van der Waals surface area contributed by atoms with Crippen LogP contribution in [0.4, 0.5) is 10.5 Å². The predicted molar refractivity (Wildman–Crippen MR) is 107 cm³/mol. The maximum atomic E-state index is 12.4. The molecule has 9 heteroatoms. The number of piperidine rings is 1. The zero-order valence-electron chi connectivity index (χ0n) is 15.1. The molecular weight excluding hydrogens is 386 g/mol. The van der Waals surface area contributed by atoms with E-state index >= 15 is 0 Å². The van der Waals surface area contributed by atoms with Gasteiger partial charge in [0.05, 0.1) is 0 Å². The van der Waals surface area contributed by atoms with E-state index in [1.54, 1.807) is 24.3 Å². The summed E-state index contributed by atoms with van der Waals surface area (Å²) in [5.41, 5.74) is 0.651. The molecule has 0 bridgehead atoms. The number of aromatic nitrogens is 2. The first-order valence-corrected chi connectivity index (χ1v) is 10.2. The standard InChI is InChI=1S/C18H22ClN5O2S/c1-2-9-20-18(26)24-10-3-4-12(11-24)16-22-23-17(27-16)15(25)21-14-7-5-13(19)6-8-14/h5-8,12H,2-4,9-11H2,1H3,(H,20,26)(H,21,25)/t12-/m0/s1. The van der Waals surface area contributed by atoms with Crippen molar-refractivity contribution in [2.24, 2.45) is 0 Å². The van der Waals surface area contributed by atoms with Crippen LogP contribution in [0.2, 0.25) is 5.02 Å². The van der Waals surface area contributed by atoms with E-state index in [1.165, 1.54) is 11.3 Å². The summed E-state index contributed by atoms with van der Waals surface area (Å²) in [5, 5.41) is 15.6. The molecule has 7 nitrogen and oxygen atoms in total. The molecule has 3 amide bonds. The zero-order valence-corrected chi connectivity index (χ0v) is 16.6. The van der Waals surface area contributed by atoms with Gasteiger partial charge in [0, 0.05) is 36.3 Å². The van der Waals surface area contributed by atoms with Crippen molar-refractivity contribution in [3.05, 3.63) is 39.3 Å². The molecule has 0 saturated carbocycles. The summed E-state index contributed by atoms with van der Waals surface area (Å²) >= 11 is 7.13. The molecule has 0 unspecified atom stereocenters. The Kier molecular flexibility index (Phi) is 6.63. The van der Waals surface area contributed by atoms with Gasteiger partial charge < -0.3 is 15.5 Å². The van der Waals surface area contributed by atoms with Gasteiger partial charge in [-0.05, 0) is 43.5 Å². The van der Waals surface area contributed by atoms with Crippen LogP contribution in [0.5, 0.6) is 0 Å². The number of likely N-dealkylation sites (tertiary alicyclic amines) is 1. The van der Waals surface area contributed by atoms with Crippen molar-refractivity contribution < 1.29 is 9.59 Å². The third-order valence-electron chi connectivity index (χ3n) is 4.32. The van der Waals surface area contributed by atoms with Crippen LogP contribution >= 0.6 is 22.9 Å². The number of carbonyl (C=O) groups excluding carboxylic acids is 2. The van der Waals surface area contributed by atoms with E-state index in [1.807, 2.05) is 11.8 Å². The van der Waals surface area contributed by atoms with E-state index in [0.717, 1.165) is 30.8 Å². The highest BCUT2D eigenvalue weighted by Crippen LogP contribution is 2.29. The van der Waals surface area contributed by atoms with Crippen molar-refractivity contribution in [2.45, 2.75) is 32.1 Å². The molecule has 0 spiro atoms. The Morgan fingerprint density at radius 2 is 2.07 bits per heavy atom. The van der Waals surface area contributed by atoms with Crippen molar-refractivity contribution in [3.8, 4) is 0 Å². The number of anilines is 1. The molecule has 144 valence electrons. The molecule has 0 radical (unpaired) electrons. The van der Waals surface area contributed by atoms with Crippen molar-refractivity contribution in [1.82, 2.24) is 20.4 Å². The van der Waals surface area contributed by atoms with Crippen LogP contribution in [0.15, 0.2) is 24.3 Å². The first-order valence-electron chi connectivity index (χ1n) is 9.00. The first-order chi connectivity index (χ1) is 13.1. The Bertz CT molecular complexity index is 795. The fourth-order valence-corrected chi connectivity index (χ4v) is 3.91. The third-order valence-corrected chi connectivity index (χ3v) is 5.66.